The SMILES string of the molecule is COC(=O)C1(Nc2ccccc2Cl)CCN2CCC1C2. The van der Waals surface area contributed by atoms with E-state index in [-0.39, 0.29) is 11.9 Å². The number of hydrogen-bond acceptors (Lipinski definition) is 4. The van der Waals surface area contributed by atoms with Crippen LogP contribution in [0.25, 0.3) is 0 Å². The summed E-state index contributed by atoms with van der Waals surface area (Å²) in [7, 11) is 1.46. The van der Waals surface area contributed by atoms with E-state index in [0.717, 1.165) is 38.2 Å². The molecule has 0 spiro atoms. The van der Waals surface area contributed by atoms with E-state index in [4.69, 9.17) is 16.3 Å². The van der Waals surface area contributed by atoms with E-state index in [1.165, 1.54) is 7.11 Å². The van der Waals surface area contributed by atoms with Crippen LogP contribution in [0.1, 0.15) is 12.8 Å². The predicted octanol–water partition coefficient (Wildman–Crippen LogP) is 2.39. The number of piperidine rings is 1. The molecular weight excluding hydrogens is 276 g/mol. The smallest absolute Gasteiger partial charge is 0.331 e. The van der Waals surface area contributed by atoms with Crippen molar-refractivity contribution in [2.45, 2.75) is 18.4 Å². The number of hydrogen-bond donors (Lipinski definition) is 1. The maximum Gasteiger partial charge on any atom is 0.331 e. The number of carbonyl (C=O) groups excluding carboxylic acids is 1. The summed E-state index contributed by atoms with van der Waals surface area (Å²) in [6, 6.07) is 7.55. The van der Waals surface area contributed by atoms with Crippen LogP contribution in [0.5, 0.6) is 0 Å². The topological polar surface area (TPSA) is 41.6 Å². The second-order valence-corrected chi connectivity index (χ2v) is 6.01. The first kappa shape index (κ1) is 13.7. The van der Waals surface area contributed by atoms with Gasteiger partial charge < -0.3 is 15.0 Å². The van der Waals surface area contributed by atoms with Gasteiger partial charge >= 0.3 is 5.97 Å². The minimum absolute atomic E-state index is 0.177. The number of para-hydroxylation sites is 1. The molecule has 1 aromatic carbocycles. The summed E-state index contributed by atoms with van der Waals surface area (Å²) in [6.07, 6.45) is 1.78. The van der Waals surface area contributed by atoms with Gasteiger partial charge in [-0.05, 0) is 31.5 Å². The molecule has 3 atom stereocenters. The Morgan fingerprint density at radius 3 is 3.00 bits per heavy atom. The fourth-order valence-electron chi connectivity index (χ4n) is 3.45. The molecule has 0 aliphatic carbocycles. The average molecular weight is 295 g/mol. The standard InChI is InChI=1S/C15H19ClN2O2/c1-20-14(19)15(7-9-18-8-6-11(15)10-18)17-13-5-3-2-4-12(13)16/h2-5,11,17H,6-10H2,1H3. The van der Waals surface area contributed by atoms with Crippen LogP contribution in [0.15, 0.2) is 24.3 Å². The van der Waals surface area contributed by atoms with E-state index in [9.17, 15) is 4.79 Å². The molecule has 2 aliphatic heterocycles. The third kappa shape index (κ3) is 2.17. The van der Waals surface area contributed by atoms with Gasteiger partial charge in [0.1, 0.15) is 5.54 Å². The van der Waals surface area contributed by atoms with Crippen molar-refractivity contribution in [3.8, 4) is 0 Å². The molecule has 4 nitrogen and oxygen atoms in total. The molecule has 20 heavy (non-hydrogen) atoms. The van der Waals surface area contributed by atoms with Gasteiger partial charge in [0.2, 0.25) is 0 Å². The molecule has 0 amide bonds. The van der Waals surface area contributed by atoms with Crippen LogP contribution < -0.4 is 5.32 Å². The van der Waals surface area contributed by atoms with E-state index >= 15 is 0 Å². The number of nitrogens with one attached hydrogen (secondary N) is 1. The normalized spacial score (nSPS) is 31.9. The number of nitrogens with zero attached hydrogens (tertiary/aromatic N) is 1. The first-order valence-electron chi connectivity index (χ1n) is 6.99. The van der Waals surface area contributed by atoms with Crippen molar-refractivity contribution in [3.05, 3.63) is 29.3 Å². The lowest BCUT2D eigenvalue weighted by Crippen LogP contribution is -2.57. The molecule has 3 rings (SSSR count). The van der Waals surface area contributed by atoms with E-state index in [2.05, 4.69) is 10.2 Å². The summed E-state index contributed by atoms with van der Waals surface area (Å²) in [6.45, 7) is 2.93. The Labute approximate surface area is 124 Å². The molecule has 1 N–H and O–H groups in total. The zero-order chi connectivity index (χ0) is 14.2. The van der Waals surface area contributed by atoms with Crippen molar-refractivity contribution in [1.82, 2.24) is 4.90 Å². The number of benzene rings is 1. The van der Waals surface area contributed by atoms with Gasteiger partial charge in [0.15, 0.2) is 0 Å². The molecule has 0 aromatic heterocycles. The third-order valence-electron chi connectivity index (χ3n) is 4.57. The van der Waals surface area contributed by atoms with Crippen LogP contribution in [0.4, 0.5) is 5.69 Å². The summed E-state index contributed by atoms with van der Waals surface area (Å²) in [4.78, 5) is 14.8. The molecule has 2 aliphatic rings. The number of ether oxygens (including phenoxy) is 1. The van der Waals surface area contributed by atoms with Crippen LogP contribution in [0.2, 0.25) is 5.02 Å². The summed E-state index contributed by atoms with van der Waals surface area (Å²) in [5, 5.41) is 4.04. The Morgan fingerprint density at radius 2 is 2.25 bits per heavy atom. The van der Waals surface area contributed by atoms with Crippen molar-refractivity contribution in [3.63, 3.8) is 0 Å². The summed E-state index contributed by atoms with van der Waals surface area (Å²) in [5.41, 5.74) is 0.159. The monoisotopic (exact) mass is 294 g/mol. The van der Waals surface area contributed by atoms with Gasteiger partial charge in [-0.3, -0.25) is 0 Å². The second kappa shape index (κ2) is 5.26. The lowest BCUT2D eigenvalue weighted by molar-refractivity contribution is -0.149. The highest BCUT2D eigenvalue weighted by Crippen LogP contribution is 2.40. The molecule has 2 heterocycles. The molecule has 108 valence electrons. The Kier molecular flexibility index (Phi) is 3.61. The van der Waals surface area contributed by atoms with Gasteiger partial charge in [0.05, 0.1) is 17.8 Å². The molecule has 1 aromatic rings. The minimum Gasteiger partial charge on any atom is -0.467 e. The fourth-order valence-corrected chi connectivity index (χ4v) is 3.63. The van der Waals surface area contributed by atoms with Gasteiger partial charge in [0.25, 0.3) is 0 Å². The lowest BCUT2D eigenvalue weighted by atomic mass is 9.78. The number of esters is 1. The third-order valence-corrected chi connectivity index (χ3v) is 4.90. The number of fused-ring (bicyclic) bond motifs is 2. The highest BCUT2D eigenvalue weighted by molar-refractivity contribution is 6.33. The van der Waals surface area contributed by atoms with E-state index in [0.29, 0.717) is 5.02 Å². The lowest BCUT2D eigenvalue weighted by Gasteiger charge is -2.41. The van der Waals surface area contributed by atoms with Gasteiger partial charge in [-0.25, -0.2) is 4.79 Å². The molecule has 3 unspecified atom stereocenters. The van der Waals surface area contributed by atoms with Crippen LogP contribution in [0, 0.1) is 5.92 Å². The summed E-state index contributed by atoms with van der Waals surface area (Å²) >= 11 is 6.23. The van der Waals surface area contributed by atoms with Gasteiger partial charge in [-0.2, -0.15) is 0 Å². The van der Waals surface area contributed by atoms with Crippen LogP contribution in [-0.4, -0.2) is 43.2 Å². The summed E-state index contributed by atoms with van der Waals surface area (Å²) < 4.78 is 5.09. The van der Waals surface area contributed by atoms with Gasteiger partial charge in [-0.15, -0.1) is 0 Å². The molecule has 2 bridgehead atoms. The van der Waals surface area contributed by atoms with E-state index in [1.54, 1.807) is 0 Å². The second-order valence-electron chi connectivity index (χ2n) is 5.60. The highest BCUT2D eigenvalue weighted by Gasteiger charge is 2.52. The number of halogens is 1. The van der Waals surface area contributed by atoms with E-state index < -0.39 is 5.54 Å². The van der Waals surface area contributed by atoms with Crippen LogP contribution in [-0.2, 0) is 9.53 Å². The molecule has 2 fully saturated rings. The van der Waals surface area contributed by atoms with Crippen LogP contribution in [0.3, 0.4) is 0 Å². The maximum atomic E-state index is 12.4. The number of rotatable bonds is 3. The largest absolute Gasteiger partial charge is 0.467 e. The predicted molar refractivity (Wildman–Crippen MR) is 79.0 cm³/mol. The van der Waals surface area contributed by atoms with Crippen LogP contribution >= 0.6 is 11.6 Å². The zero-order valence-corrected chi connectivity index (χ0v) is 12.3. The van der Waals surface area contributed by atoms with Crippen molar-refractivity contribution in [2.75, 3.05) is 32.1 Å². The Bertz CT molecular complexity index is 522. The molecule has 5 heteroatoms. The van der Waals surface area contributed by atoms with Gasteiger partial charge in [0, 0.05) is 19.0 Å². The first-order valence-corrected chi connectivity index (χ1v) is 7.37. The van der Waals surface area contributed by atoms with Crippen molar-refractivity contribution < 1.29 is 9.53 Å². The van der Waals surface area contributed by atoms with Crippen molar-refractivity contribution in [1.29, 1.82) is 0 Å². The summed E-state index contributed by atoms with van der Waals surface area (Å²) in [5.74, 6) is 0.101. The first-order chi connectivity index (χ1) is 9.65. The Morgan fingerprint density at radius 1 is 1.45 bits per heavy atom. The Balaban J connectivity index is 1.94. The van der Waals surface area contributed by atoms with Gasteiger partial charge in [-0.1, -0.05) is 23.7 Å². The quantitative estimate of drug-likeness (QED) is 0.869. The highest BCUT2D eigenvalue weighted by atomic mass is 35.5. The molecular formula is C15H19ClN2O2. The average Bonchev–Trinajstić information content (AvgIpc) is 2.88. The molecule has 0 saturated carbocycles. The van der Waals surface area contributed by atoms with Crippen molar-refractivity contribution >= 4 is 23.3 Å². The number of carbonyl (C=O) groups is 1. The molecule has 0 radical (unpaired) electrons. The Hall–Kier alpha value is -1.26. The maximum absolute atomic E-state index is 12.4. The number of methoxy groups -OCH3 is 1. The fraction of sp³-hybridized carbons (Fsp3) is 0.533. The zero-order valence-electron chi connectivity index (χ0n) is 11.6. The van der Waals surface area contributed by atoms with Crippen molar-refractivity contribution in [2.24, 2.45) is 5.92 Å². The number of anilines is 1. The molecule has 2 saturated heterocycles. The minimum atomic E-state index is -0.646. The van der Waals surface area contributed by atoms with E-state index in [1.807, 2.05) is 24.3 Å².